The molecule has 0 saturated heterocycles. The average Bonchev–Trinajstić information content (AvgIpc) is 2.73. The number of amides is 2. The third kappa shape index (κ3) is 7.72. The minimum absolute atomic E-state index is 0.00329. The van der Waals surface area contributed by atoms with Gasteiger partial charge in [-0.05, 0) is 36.7 Å². The highest BCUT2D eigenvalue weighted by Crippen LogP contribution is 2.30. The lowest BCUT2D eigenvalue weighted by Gasteiger charge is -2.39. The van der Waals surface area contributed by atoms with Crippen molar-refractivity contribution in [3.05, 3.63) is 47.5 Å². The fourth-order valence-electron chi connectivity index (χ4n) is 3.80. The van der Waals surface area contributed by atoms with Crippen molar-refractivity contribution in [2.45, 2.75) is 80.3 Å². The van der Waals surface area contributed by atoms with E-state index in [0.29, 0.717) is 12.8 Å². The minimum atomic E-state index is -1.01. The Hall–Kier alpha value is -2.63. The third-order valence-electron chi connectivity index (χ3n) is 6.39. The molecule has 6 nitrogen and oxygen atoms in total. The average molecular weight is 459 g/mol. The van der Waals surface area contributed by atoms with Crippen LogP contribution in [0.5, 0.6) is 0 Å². The lowest BCUT2D eigenvalue weighted by atomic mass is 9.78. The Morgan fingerprint density at radius 3 is 2.06 bits per heavy atom. The summed E-state index contributed by atoms with van der Waals surface area (Å²) in [6.45, 7) is 15.1. The van der Waals surface area contributed by atoms with Gasteiger partial charge in [0.1, 0.15) is 6.04 Å². The van der Waals surface area contributed by atoms with Crippen molar-refractivity contribution in [1.82, 2.24) is 10.2 Å². The van der Waals surface area contributed by atoms with Crippen LogP contribution < -0.4 is 5.32 Å². The third-order valence-corrected chi connectivity index (χ3v) is 6.39. The van der Waals surface area contributed by atoms with Crippen molar-refractivity contribution in [1.29, 1.82) is 0 Å². The number of aliphatic carboxylic acids is 1. The topological polar surface area (TPSA) is 86.7 Å². The molecule has 1 aromatic rings. The van der Waals surface area contributed by atoms with Crippen molar-refractivity contribution in [2.24, 2.45) is 16.7 Å². The van der Waals surface area contributed by atoms with Crippen LogP contribution in [0.2, 0.25) is 0 Å². The molecule has 0 bridgehead atoms. The van der Waals surface area contributed by atoms with E-state index in [4.69, 9.17) is 0 Å². The number of rotatable bonds is 10. The van der Waals surface area contributed by atoms with Gasteiger partial charge in [-0.15, -0.1) is 0 Å². The second-order valence-electron chi connectivity index (χ2n) is 10.7. The highest BCUT2D eigenvalue weighted by Gasteiger charge is 2.40. The summed E-state index contributed by atoms with van der Waals surface area (Å²) in [7, 11) is 1.67. The monoisotopic (exact) mass is 458 g/mol. The number of carboxylic acids is 1. The fraction of sp³-hybridized carbons (Fsp3) is 0.593. The first-order valence-corrected chi connectivity index (χ1v) is 11.7. The summed E-state index contributed by atoms with van der Waals surface area (Å²) in [6.07, 6.45) is 2.81. The molecule has 184 valence electrons. The normalized spacial score (nSPS) is 16.0. The Bertz CT molecular complexity index is 855. The maximum absolute atomic E-state index is 13.6. The molecule has 0 aliphatic carbocycles. The summed E-state index contributed by atoms with van der Waals surface area (Å²) < 4.78 is 0. The number of nitrogens with one attached hydrogen (secondary N) is 1. The van der Waals surface area contributed by atoms with Crippen molar-refractivity contribution in [3.63, 3.8) is 0 Å². The van der Waals surface area contributed by atoms with E-state index >= 15 is 0 Å². The van der Waals surface area contributed by atoms with Crippen molar-refractivity contribution >= 4 is 17.8 Å². The summed E-state index contributed by atoms with van der Waals surface area (Å²) in [5.74, 6) is -1.40. The van der Waals surface area contributed by atoms with Crippen LogP contribution in [0.3, 0.4) is 0 Å². The zero-order chi connectivity index (χ0) is 25.6. The van der Waals surface area contributed by atoms with E-state index in [2.05, 4.69) is 5.32 Å². The van der Waals surface area contributed by atoms with Crippen LogP contribution in [-0.2, 0) is 20.8 Å². The Kier molecular flexibility index (Phi) is 9.88. The Morgan fingerprint density at radius 1 is 1.09 bits per heavy atom. The first kappa shape index (κ1) is 28.4. The van der Waals surface area contributed by atoms with Gasteiger partial charge in [-0.2, -0.15) is 0 Å². The van der Waals surface area contributed by atoms with Crippen molar-refractivity contribution in [3.8, 4) is 0 Å². The quantitative estimate of drug-likeness (QED) is 0.498. The van der Waals surface area contributed by atoms with Gasteiger partial charge in [0, 0.05) is 12.6 Å². The molecule has 0 fully saturated rings. The SMILES string of the molecule is CCC(C)(Cc1ccccc1)C(=O)N[C@H](C(=O)N(C)[C@H](/C=C(\C)C(=O)O)C(C)C)C(C)(C)C. The molecule has 1 rings (SSSR count). The van der Waals surface area contributed by atoms with Gasteiger partial charge in [-0.3, -0.25) is 9.59 Å². The van der Waals surface area contributed by atoms with E-state index in [1.807, 2.05) is 78.8 Å². The van der Waals surface area contributed by atoms with E-state index in [9.17, 15) is 19.5 Å². The second-order valence-corrected chi connectivity index (χ2v) is 10.7. The molecule has 1 unspecified atom stereocenters. The second kappa shape index (κ2) is 11.5. The molecule has 6 heteroatoms. The van der Waals surface area contributed by atoms with Crippen LogP contribution in [-0.4, -0.2) is 46.9 Å². The first-order chi connectivity index (χ1) is 15.1. The summed E-state index contributed by atoms with van der Waals surface area (Å²) in [4.78, 5) is 40.0. The summed E-state index contributed by atoms with van der Waals surface area (Å²) in [5.41, 5.74) is 0.0595. The smallest absolute Gasteiger partial charge is 0.331 e. The van der Waals surface area contributed by atoms with Crippen LogP contribution >= 0.6 is 0 Å². The van der Waals surface area contributed by atoms with Gasteiger partial charge in [0.25, 0.3) is 0 Å². The zero-order valence-electron chi connectivity index (χ0n) is 21.7. The number of carboxylic acid groups (broad SMARTS) is 1. The van der Waals surface area contributed by atoms with Gasteiger partial charge in [-0.25, -0.2) is 4.79 Å². The molecule has 0 aliphatic heterocycles. The number of hydrogen-bond acceptors (Lipinski definition) is 3. The number of carbonyl (C=O) groups is 3. The molecule has 0 heterocycles. The van der Waals surface area contributed by atoms with Gasteiger partial charge >= 0.3 is 5.97 Å². The number of nitrogens with zero attached hydrogens (tertiary/aromatic N) is 1. The summed E-state index contributed by atoms with van der Waals surface area (Å²) in [6, 6.07) is 8.71. The van der Waals surface area contributed by atoms with Gasteiger partial charge in [0.15, 0.2) is 0 Å². The lowest BCUT2D eigenvalue weighted by Crippen LogP contribution is -2.58. The van der Waals surface area contributed by atoms with E-state index in [0.717, 1.165) is 5.56 Å². The maximum Gasteiger partial charge on any atom is 0.331 e. The molecule has 33 heavy (non-hydrogen) atoms. The number of hydrogen-bond donors (Lipinski definition) is 2. The standard InChI is InChI=1S/C27H42N2O4/c1-10-27(8,17-20-14-12-11-13-15-20)25(33)28-22(26(5,6)7)23(30)29(9)21(18(2)3)16-19(4)24(31)32/h11-16,18,21-22H,10,17H2,1-9H3,(H,28,33)(H,31,32)/b19-16+/t21-,22-,27?/m1/s1. The number of carbonyl (C=O) groups excluding carboxylic acids is 2. The maximum atomic E-state index is 13.6. The van der Waals surface area contributed by atoms with Crippen LogP contribution in [0.15, 0.2) is 42.0 Å². The highest BCUT2D eigenvalue weighted by atomic mass is 16.4. The molecule has 0 saturated carbocycles. The van der Waals surface area contributed by atoms with E-state index in [1.54, 1.807) is 18.0 Å². The van der Waals surface area contributed by atoms with Crippen LogP contribution in [0.4, 0.5) is 0 Å². The molecule has 1 aromatic carbocycles. The lowest BCUT2D eigenvalue weighted by molar-refractivity contribution is -0.142. The minimum Gasteiger partial charge on any atom is -0.478 e. The van der Waals surface area contributed by atoms with Gasteiger partial charge in [0.2, 0.25) is 11.8 Å². The first-order valence-electron chi connectivity index (χ1n) is 11.7. The molecular formula is C27H42N2O4. The summed E-state index contributed by atoms with van der Waals surface area (Å²) in [5, 5.41) is 12.4. The van der Waals surface area contributed by atoms with E-state index in [1.165, 1.54) is 6.92 Å². The van der Waals surface area contributed by atoms with Crippen LogP contribution in [0.1, 0.15) is 67.4 Å². The van der Waals surface area contributed by atoms with E-state index in [-0.39, 0.29) is 23.3 Å². The molecule has 0 spiro atoms. The van der Waals surface area contributed by atoms with E-state index < -0.39 is 28.9 Å². The summed E-state index contributed by atoms with van der Waals surface area (Å²) >= 11 is 0. The predicted octanol–water partition coefficient (Wildman–Crippen LogP) is 4.69. The van der Waals surface area contributed by atoms with Gasteiger partial charge in [0.05, 0.1) is 11.5 Å². The highest BCUT2D eigenvalue weighted by molar-refractivity contribution is 5.91. The Morgan fingerprint density at radius 2 is 1.64 bits per heavy atom. The Labute approximate surface area is 199 Å². The van der Waals surface area contributed by atoms with Crippen molar-refractivity contribution in [2.75, 3.05) is 7.05 Å². The van der Waals surface area contributed by atoms with Crippen molar-refractivity contribution < 1.29 is 19.5 Å². The van der Waals surface area contributed by atoms with Crippen LogP contribution in [0.25, 0.3) is 0 Å². The molecule has 0 aliphatic rings. The number of benzene rings is 1. The zero-order valence-corrected chi connectivity index (χ0v) is 21.7. The fourth-order valence-corrected chi connectivity index (χ4v) is 3.80. The molecule has 2 N–H and O–H groups in total. The number of likely N-dealkylation sites (N-methyl/N-ethyl adjacent to an activating group) is 1. The van der Waals surface area contributed by atoms with Crippen LogP contribution in [0, 0.1) is 16.7 Å². The largest absolute Gasteiger partial charge is 0.478 e. The van der Waals surface area contributed by atoms with Gasteiger partial charge in [-0.1, -0.05) is 84.9 Å². The molecular weight excluding hydrogens is 416 g/mol. The molecule has 2 amide bonds. The Balaban J connectivity index is 3.23. The predicted molar refractivity (Wildman–Crippen MR) is 133 cm³/mol. The molecule has 3 atom stereocenters. The van der Waals surface area contributed by atoms with Gasteiger partial charge < -0.3 is 15.3 Å². The molecule has 0 aromatic heterocycles. The molecule has 0 radical (unpaired) electrons.